The molecule has 0 heterocycles. The second-order valence-corrected chi connectivity index (χ2v) is 2.41. The Kier molecular flexibility index (Phi) is 5.02. The summed E-state index contributed by atoms with van der Waals surface area (Å²) in [4.78, 5) is 10.0. The summed E-state index contributed by atoms with van der Waals surface area (Å²) in [6, 6.07) is 0. The summed E-state index contributed by atoms with van der Waals surface area (Å²) >= 11 is 0. The van der Waals surface area contributed by atoms with Gasteiger partial charge in [-0.15, -0.1) is 0 Å². The van der Waals surface area contributed by atoms with E-state index in [0.717, 1.165) is 0 Å². The minimum absolute atomic E-state index is 0.0998. The Morgan fingerprint density at radius 3 is 2.36 bits per heavy atom. The highest BCUT2D eigenvalue weighted by Gasteiger charge is 2.22. The molecule has 0 aliphatic rings. The molecular formula is C7H14O4. The van der Waals surface area contributed by atoms with E-state index >= 15 is 0 Å². The number of hydrogen-bond donors (Lipinski definition) is 2. The summed E-state index contributed by atoms with van der Waals surface area (Å²) in [5, 5.41) is 18.1. The van der Waals surface area contributed by atoms with E-state index < -0.39 is 18.3 Å². The molecule has 4 nitrogen and oxygen atoms in total. The Hall–Kier alpha value is -0.450. The van der Waals surface area contributed by atoms with Gasteiger partial charge in [0.25, 0.3) is 0 Å². The molecule has 4 heteroatoms. The van der Waals surface area contributed by atoms with Crippen molar-refractivity contribution in [2.75, 3.05) is 7.11 Å². The van der Waals surface area contributed by atoms with E-state index in [9.17, 15) is 9.90 Å². The zero-order chi connectivity index (χ0) is 8.85. The third kappa shape index (κ3) is 3.46. The molecule has 0 aromatic rings. The van der Waals surface area contributed by atoms with Gasteiger partial charge in [0.05, 0.1) is 12.2 Å². The number of carbonyl (C=O) groups excluding carboxylic acids is 1. The van der Waals surface area contributed by atoms with Crippen molar-refractivity contribution in [2.24, 2.45) is 0 Å². The number of methoxy groups -OCH3 is 1. The van der Waals surface area contributed by atoms with E-state index in [1.54, 1.807) is 0 Å². The summed E-state index contributed by atoms with van der Waals surface area (Å²) in [6.45, 7) is 1.45. The van der Waals surface area contributed by atoms with Crippen LogP contribution < -0.4 is 0 Å². The Morgan fingerprint density at radius 1 is 1.55 bits per heavy atom. The van der Waals surface area contributed by atoms with Gasteiger partial charge in [-0.1, -0.05) is 0 Å². The van der Waals surface area contributed by atoms with Crippen LogP contribution in [0.5, 0.6) is 0 Å². The largest absolute Gasteiger partial charge is 0.391 e. The monoisotopic (exact) mass is 162 g/mol. The van der Waals surface area contributed by atoms with Crippen LogP contribution in [0.2, 0.25) is 0 Å². The van der Waals surface area contributed by atoms with Crippen molar-refractivity contribution in [3.8, 4) is 0 Å². The van der Waals surface area contributed by atoms with Crippen LogP contribution in [0, 0.1) is 0 Å². The van der Waals surface area contributed by atoms with Gasteiger partial charge in [-0.3, -0.25) is 0 Å². The minimum atomic E-state index is -0.995. The van der Waals surface area contributed by atoms with Crippen molar-refractivity contribution in [3.05, 3.63) is 0 Å². The number of ether oxygens (including phenoxy) is 1. The third-order valence-electron chi connectivity index (χ3n) is 1.51. The fraction of sp³-hybridized carbons (Fsp3) is 0.857. The van der Waals surface area contributed by atoms with Gasteiger partial charge in [0, 0.05) is 13.5 Å². The number of hydrogen-bond acceptors (Lipinski definition) is 4. The van der Waals surface area contributed by atoms with Crippen molar-refractivity contribution in [2.45, 2.75) is 31.7 Å². The van der Waals surface area contributed by atoms with Gasteiger partial charge in [-0.05, 0) is 6.92 Å². The van der Waals surface area contributed by atoms with Gasteiger partial charge in [0.2, 0.25) is 0 Å². The average Bonchev–Trinajstić information content (AvgIpc) is 1.98. The van der Waals surface area contributed by atoms with E-state index in [1.165, 1.54) is 14.0 Å². The first-order valence-corrected chi connectivity index (χ1v) is 3.46. The predicted molar refractivity (Wildman–Crippen MR) is 39.2 cm³/mol. The first-order valence-electron chi connectivity index (χ1n) is 3.46. The predicted octanol–water partition coefficient (Wildman–Crippen LogP) is -0.668. The van der Waals surface area contributed by atoms with Crippen molar-refractivity contribution in [1.29, 1.82) is 0 Å². The average molecular weight is 162 g/mol. The summed E-state index contributed by atoms with van der Waals surface area (Å²) in [6.07, 6.45) is -1.72. The van der Waals surface area contributed by atoms with Gasteiger partial charge >= 0.3 is 0 Å². The van der Waals surface area contributed by atoms with E-state index in [-0.39, 0.29) is 6.42 Å². The number of aliphatic hydroxyl groups is 2. The summed E-state index contributed by atoms with van der Waals surface area (Å²) in [5.41, 5.74) is 0. The zero-order valence-corrected chi connectivity index (χ0v) is 6.73. The van der Waals surface area contributed by atoms with Gasteiger partial charge in [-0.2, -0.15) is 0 Å². The van der Waals surface area contributed by atoms with Crippen molar-refractivity contribution >= 4 is 6.29 Å². The third-order valence-corrected chi connectivity index (χ3v) is 1.51. The second kappa shape index (κ2) is 5.23. The Morgan fingerprint density at radius 2 is 2.09 bits per heavy atom. The van der Waals surface area contributed by atoms with Crippen molar-refractivity contribution in [3.63, 3.8) is 0 Å². The van der Waals surface area contributed by atoms with Gasteiger partial charge in [-0.25, -0.2) is 0 Å². The quantitative estimate of drug-likeness (QED) is 0.526. The molecule has 0 fully saturated rings. The van der Waals surface area contributed by atoms with Crippen LogP contribution in [0.1, 0.15) is 13.3 Å². The van der Waals surface area contributed by atoms with E-state index in [4.69, 9.17) is 9.84 Å². The summed E-state index contributed by atoms with van der Waals surface area (Å²) < 4.78 is 4.77. The lowest BCUT2D eigenvalue weighted by Gasteiger charge is -2.21. The van der Waals surface area contributed by atoms with E-state index in [1.807, 2.05) is 0 Å². The Balaban J connectivity index is 3.90. The first kappa shape index (κ1) is 10.6. The first-order chi connectivity index (χ1) is 5.13. The molecular weight excluding hydrogens is 148 g/mol. The Bertz CT molecular complexity index is 113. The number of aliphatic hydroxyl groups excluding tert-OH is 2. The molecule has 0 saturated carbocycles. The van der Waals surface area contributed by atoms with Crippen molar-refractivity contribution < 1.29 is 19.7 Å². The van der Waals surface area contributed by atoms with Crippen LogP contribution in [0.15, 0.2) is 0 Å². The number of rotatable bonds is 5. The zero-order valence-electron chi connectivity index (χ0n) is 6.73. The lowest BCUT2D eigenvalue weighted by Crippen LogP contribution is -2.37. The molecule has 0 aliphatic heterocycles. The van der Waals surface area contributed by atoms with Crippen LogP contribution >= 0.6 is 0 Å². The van der Waals surface area contributed by atoms with Crippen LogP contribution in [-0.4, -0.2) is 41.9 Å². The van der Waals surface area contributed by atoms with Crippen LogP contribution in [0.25, 0.3) is 0 Å². The molecule has 0 aromatic carbocycles. The minimum Gasteiger partial charge on any atom is -0.391 e. The summed E-state index contributed by atoms with van der Waals surface area (Å²) in [5.74, 6) is 0. The van der Waals surface area contributed by atoms with Gasteiger partial charge in [0.15, 0.2) is 0 Å². The van der Waals surface area contributed by atoms with Gasteiger partial charge in [0.1, 0.15) is 12.4 Å². The SMILES string of the molecule is CO[C@H](CC=O)[C@H](O)[C@H](C)O. The molecule has 0 unspecified atom stereocenters. The molecule has 2 N–H and O–H groups in total. The molecule has 0 bridgehead atoms. The molecule has 0 aliphatic carbocycles. The number of aldehydes is 1. The van der Waals surface area contributed by atoms with Crippen LogP contribution in [-0.2, 0) is 9.53 Å². The van der Waals surface area contributed by atoms with E-state index in [0.29, 0.717) is 6.29 Å². The molecule has 3 atom stereocenters. The standard InChI is InChI=1S/C7H14O4/c1-5(9)7(10)6(11-2)3-4-8/h4-7,9-10H,3H2,1-2H3/t5-,6+,7+/m0/s1. The maximum atomic E-state index is 10.0. The fourth-order valence-corrected chi connectivity index (χ4v) is 0.781. The number of carbonyl (C=O) groups is 1. The highest BCUT2D eigenvalue weighted by Crippen LogP contribution is 2.05. The molecule has 0 saturated heterocycles. The lowest BCUT2D eigenvalue weighted by atomic mass is 10.1. The topological polar surface area (TPSA) is 66.8 Å². The smallest absolute Gasteiger partial charge is 0.122 e. The maximum absolute atomic E-state index is 10.0. The van der Waals surface area contributed by atoms with Gasteiger partial charge < -0.3 is 19.7 Å². The molecule has 66 valence electrons. The molecule has 0 aromatic heterocycles. The van der Waals surface area contributed by atoms with E-state index in [2.05, 4.69) is 0 Å². The molecule has 0 amide bonds. The highest BCUT2D eigenvalue weighted by atomic mass is 16.5. The second-order valence-electron chi connectivity index (χ2n) is 2.41. The Labute approximate surface area is 65.8 Å². The lowest BCUT2D eigenvalue weighted by molar-refractivity contribution is -0.115. The van der Waals surface area contributed by atoms with Crippen LogP contribution in [0.4, 0.5) is 0 Å². The summed E-state index contributed by atoms with van der Waals surface area (Å²) in [7, 11) is 1.39. The molecule has 11 heavy (non-hydrogen) atoms. The van der Waals surface area contributed by atoms with Crippen molar-refractivity contribution in [1.82, 2.24) is 0 Å². The normalized spacial score (nSPS) is 18.9. The molecule has 0 rings (SSSR count). The molecule has 0 radical (unpaired) electrons. The fourth-order valence-electron chi connectivity index (χ4n) is 0.781. The molecule has 0 spiro atoms. The van der Waals surface area contributed by atoms with Crippen LogP contribution in [0.3, 0.4) is 0 Å². The highest BCUT2D eigenvalue weighted by molar-refractivity contribution is 5.50. The maximum Gasteiger partial charge on any atom is 0.122 e.